The van der Waals surface area contributed by atoms with Crippen molar-refractivity contribution in [3.05, 3.63) is 11.1 Å². The molecule has 1 rings (SSSR count). The van der Waals surface area contributed by atoms with Crippen LogP contribution in [0.2, 0.25) is 0 Å². The lowest BCUT2D eigenvalue weighted by Crippen LogP contribution is -2.25. The Hall–Kier alpha value is -1.37. The third kappa shape index (κ3) is 7.28. The number of thiazole rings is 1. The van der Waals surface area contributed by atoms with Crippen LogP contribution in [0.15, 0.2) is 9.78 Å². The summed E-state index contributed by atoms with van der Waals surface area (Å²) in [5.74, 6) is 0.530. The molecule has 112 valence electrons. The van der Waals surface area contributed by atoms with Crippen molar-refractivity contribution < 1.29 is 13.2 Å². The number of amides is 1. The summed E-state index contributed by atoms with van der Waals surface area (Å²) in [7, 11) is -4.03. The lowest BCUT2D eigenvalue weighted by molar-refractivity contribution is -0.117. The zero-order valence-electron chi connectivity index (χ0n) is 10.3. The van der Waals surface area contributed by atoms with E-state index in [2.05, 4.69) is 14.7 Å². The lowest BCUT2D eigenvalue weighted by atomic mass is 10.5. The van der Waals surface area contributed by atoms with E-state index in [9.17, 15) is 13.2 Å². The smallest absolute Gasteiger partial charge is 0.320 e. The van der Waals surface area contributed by atoms with Crippen molar-refractivity contribution in [2.75, 3.05) is 11.1 Å². The Labute approximate surface area is 124 Å². The number of guanidine groups is 1. The number of rotatable bonds is 7. The zero-order chi connectivity index (χ0) is 15.2. The quantitative estimate of drug-likeness (QED) is 0.286. The van der Waals surface area contributed by atoms with Gasteiger partial charge in [0.1, 0.15) is 0 Å². The number of thioether (sulfide) groups is 1. The molecular formula is C8H14N6O3S3. The molecule has 0 atom stereocenters. The molecule has 9 nitrogen and oxygen atoms in total. The largest absolute Gasteiger partial charge is 0.370 e. The molecule has 1 aromatic rings. The van der Waals surface area contributed by atoms with E-state index in [4.69, 9.17) is 16.6 Å². The van der Waals surface area contributed by atoms with Crippen LogP contribution in [0.4, 0.5) is 5.13 Å². The summed E-state index contributed by atoms with van der Waals surface area (Å²) < 4.78 is 24.4. The van der Waals surface area contributed by atoms with Crippen LogP contribution < -0.4 is 21.9 Å². The monoisotopic (exact) mass is 338 g/mol. The molecule has 12 heteroatoms. The standard InChI is InChI=1S/C8H14N6O3S3/c9-6(15)1-2-18-3-5-4-19-8(12-5)13-7(10)14-20(11,16)17/h4H,1-3H2,(H2,9,15)(H2,11,16,17)(H3,10,12,13,14). The van der Waals surface area contributed by atoms with Crippen molar-refractivity contribution in [1.29, 1.82) is 0 Å². The van der Waals surface area contributed by atoms with Gasteiger partial charge in [-0.15, -0.1) is 15.7 Å². The fourth-order valence-corrected chi connectivity index (χ4v) is 3.04. The predicted octanol–water partition coefficient (Wildman–Crippen LogP) is -0.818. The van der Waals surface area contributed by atoms with Gasteiger partial charge in [0.15, 0.2) is 5.13 Å². The topological polar surface area (TPSA) is 167 Å². The van der Waals surface area contributed by atoms with Gasteiger partial charge in [-0.1, -0.05) is 0 Å². The first-order chi connectivity index (χ1) is 9.26. The number of aromatic nitrogens is 1. The average molecular weight is 338 g/mol. The van der Waals surface area contributed by atoms with E-state index >= 15 is 0 Å². The van der Waals surface area contributed by atoms with E-state index in [1.54, 1.807) is 5.38 Å². The van der Waals surface area contributed by atoms with Crippen LogP contribution in [0.5, 0.6) is 0 Å². The van der Waals surface area contributed by atoms with Gasteiger partial charge in [0.05, 0.1) is 5.69 Å². The Bertz CT molecular complexity index is 596. The highest BCUT2D eigenvalue weighted by molar-refractivity contribution is 7.98. The second-order valence-electron chi connectivity index (χ2n) is 3.53. The van der Waals surface area contributed by atoms with Crippen molar-refractivity contribution >= 4 is 50.3 Å². The molecule has 1 amide bonds. The van der Waals surface area contributed by atoms with Gasteiger partial charge in [-0.25, -0.2) is 10.1 Å². The van der Waals surface area contributed by atoms with Gasteiger partial charge in [-0.2, -0.15) is 20.2 Å². The highest BCUT2D eigenvalue weighted by atomic mass is 32.2. The van der Waals surface area contributed by atoms with Crippen molar-refractivity contribution in [3.8, 4) is 0 Å². The summed E-state index contributed by atoms with van der Waals surface area (Å²) in [6.07, 6.45) is 0.313. The maximum Gasteiger partial charge on any atom is 0.320 e. The van der Waals surface area contributed by atoms with Gasteiger partial charge < -0.3 is 16.8 Å². The van der Waals surface area contributed by atoms with Crippen LogP contribution in [0, 0.1) is 0 Å². The van der Waals surface area contributed by atoms with E-state index in [1.165, 1.54) is 23.1 Å². The van der Waals surface area contributed by atoms with Gasteiger partial charge in [0.2, 0.25) is 11.9 Å². The molecule has 0 saturated carbocycles. The van der Waals surface area contributed by atoms with Gasteiger partial charge >= 0.3 is 10.2 Å². The number of nitrogens with two attached hydrogens (primary N) is 3. The molecule has 1 heterocycles. The van der Waals surface area contributed by atoms with Gasteiger partial charge in [-0.3, -0.25) is 4.79 Å². The van der Waals surface area contributed by atoms with E-state index in [0.717, 1.165) is 5.69 Å². The van der Waals surface area contributed by atoms with E-state index in [1.807, 2.05) is 0 Å². The van der Waals surface area contributed by atoms with E-state index < -0.39 is 10.2 Å². The Balaban J connectivity index is 2.47. The minimum Gasteiger partial charge on any atom is -0.370 e. The first kappa shape index (κ1) is 16.7. The molecule has 20 heavy (non-hydrogen) atoms. The maximum absolute atomic E-state index is 10.7. The first-order valence-corrected chi connectivity index (χ1v) is 8.75. The molecule has 0 aromatic carbocycles. The van der Waals surface area contributed by atoms with Crippen LogP contribution in [-0.4, -0.2) is 31.0 Å². The summed E-state index contributed by atoms with van der Waals surface area (Å²) >= 11 is 2.76. The Kier molecular flexibility index (Phi) is 6.19. The minimum absolute atomic E-state index is 0.313. The number of primary amides is 1. The molecule has 0 saturated heterocycles. The highest BCUT2D eigenvalue weighted by Crippen LogP contribution is 2.19. The molecule has 0 aliphatic carbocycles. The SMILES string of the molecule is NC(=O)CCSCc1csc(N/C(N)=N/S(N)(=O)=O)n1. The third-order valence-corrected chi connectivity index (χ3v) is 4.01. The van der Waals surface area contributed by atoms with Crippen molar-refractivity contribution in [3.63, 3.8) is 0 Å². The first-order valence-electron chi connectivity index (χ1n) is 5.22. The number of carbonyl (C=O) groups excluding carboxylic acids is 1. The number of hydrogen-bond acceptors (Lipinski definition) is 6. The molecule has 0 aliphatic rings. The van der Waals surface area contributed by atoms with Gasteiger partial charge in [-0.05, 0) is 0 Å². The Morgan fingerprint density at radius 1 is 1.50 bits per heavy atom. The van der Waals surface area contributed by atoms with Crippen LogP contribution in [0.3, 0.4) is 0 Å². The van der Waals surface area contributed by atoms with Gasteiger partial charge in [0.25, 0.3) is 0 Å². The van der Waals surface area contributed by atoms with E-state index in [0.29, 0.717) is 23.1 Å². The molecule has 0 spiro atoms. The summed E-state index contributed by atoms with van der Waals surface area (Å²) in [5, 5.41) is 9.41. The molecule has 0 fully saturated rings. The third-order valence-electron chi connectivity index (χ3n) is 1.76. The lowest BCUT2D eigenvalue weighted by Gasteiger charge is -1.99. The highest BCUT2D eigenvalue weighted by Gasteiger charge is 2.06. The second kappa shape index (κ2) is 7.42. The molecular weight excluding hydrogens is 324 g/mol. The van der Waals surface area contributed by atoms with Crippen LogP contribution in [-0.2, 0) is 20.8 Å². The van der Waals surface area contributed by atoms with Gasteiger partial charge in [0, 0.05) is 23.3 Å². The number of carbonyl (C=O) groups is 1. The average Bonchev–Trinajstić information content (AvgIpc) is 2.69. The summed E-state index contributed by atoms with van der Waals surface area (Å²) in [6, 6.07) is 0. The predicted molar refractivity (Wildman–Crippen MR) is 80.4 cm³/mol. The number of nitrogens with one attached hydrogen (secondary N) is 1. The summed E-state index contributed by atoms with van der Waals surface area (Å²) in [5.41, 5.74) is 11.1. The molecule has 0 unspecified atom stereocenters. The summed E-state index contributed by atoms with van der Waals surface area (Å²) in [4.78, 5) is 14.7. The van der Waals surface area contributed by atoms with Crippen LogP contribution in [0.1, 0.15) is 12.1 Å². The number of nitrogens with zero attached hydrogens (tertiary/aromatic N) is 2. The molecule has 7 N–H and O–H groups in total. The molecule has 0 bridgehead atoms. The van der Waals surface area contributed by atoms with Crippen molar-refractivity contribution in [2.45, 2.75) is 12.2 Å². The molecule has 0 radical (unpaired) electrons. The van der Waals surface area contributed by atoms with Crippen LogP contribution in [0.25, 0.3) is 0 Å². The fourth-order valence-electron chi connectivity index (χ4n) is 1.05. The fraction of sp³-hybridized carbons (Fsp3) is 0.375. The van der Waals surface area contributed by atoms with E-state index in [-0.39, 0.29) is 11.9 Å². The Morgan fingerprint density at radius 3 is 2.80 bits per heavy atom. The molecule has 1 aromatic heterocycles. The van der Waals surface area contributed by atoms with Crippen LogP contribution >= 0.6 is 23.1 Å². The maximum atomic E-state index is 10.7. The second-order valence-corrected chi connectivity index (χ2v) is 6.71. The zero-order valence-corrected chi connectivity index (χ0v) is 12.7. The number of anilines is 1. The Morgan fingerprint density at radius 2 is 2.20 bits per heavy atom. The molecule has 0 aliphatic heterocycles. The summed E-state index contributed by atoms with van der Waals surface area (Å²) in [6.45, 7) is 0. The van der Waals surface area contributed by atoms with Crippen molar-refractivity contribution in [1.82, 2.24) is 4.98 Å². The van der Waals surface area contributed by atoms with Crippen molar-refractivity contribution in [2.24, 2.45) is 21.0 Å². The normalized spacial score (nSPS) is 12.3. The minimum atomic E-state index is -4.03. The number of hydrogen-bond donors (Lipinski definition) is 4.